The zero-order chi connectivity index (χ0) is 38.5. The number of carbonyl (C=O) groups is 1. The predicted octanol–water partition coefficient (Wildman–Crippen LogP) is 7.59. The van der Waals surface area contributed by atoms with E-state index in [2.05, 4.69) is 37.8 Å². The normalized spacial score (nSPS) is 17.9. The fourth-order valence-electron chi connectivity index (χ4n) is 7.68. The number of allylic oxidation sites excluding steroid dienone is 1. The first-order chi connectivity index (χ1) is 25.7. The molecule has 1 saturated heterocycles. The molecule has 2 aliphatic rings. The summed E-state index contributed by atoms with van der Waals surface area (Å²) >= 11 is 7.66. The number of hydrogen-bond acceptors (Lipinski definition) is 9. The Kier molecular flexibility index (Phi) is 9.73. The molecule has 7 rings (SSSR count). The van der Waals surface area contributed by atoms with Gasteiger partial charge in [0.15, 0.2) is 0 Å². The molecule has 2 fully saturated rings. The smallest absolute Gasteiger partial charge is 0.409 e. The third kappa shape index (κ3) is 6.93. The van der Waals surface area contributed by atoms with E-state index >= 15 is 0 Å². The SMILES string of the molecule is Cc1nc2cnc(N(C)C3CCN(C4(C)CC(=CC(F)(F)F)C4)CC3)c(C#N)c2c(=O)n1CC#Cc1ccc(Cl)cc1-c1ccnc2c(C(=O)O)csc12. The number of hydrogen-bond donors (Lipinski definition) is 1. The van der Waals surface area contributed by atoms with Crippen LogP contribution in [0.25, 0.3) is 32.2 Å². The molecule has 1 aromatic carbocycles. The second-order valence-corrected chi connectivity index (χ2v) is 15.2. The summed E-state index contributed by atoms with van der Waals surface area (Å²) in [5.74, 6) is 5.92. The van der Waals surface area contributed by atoms with Crippen LogP contribution in [0, 0.1) is 30.1 Å². The molecule has 0 radical (unpaired) electrons. The second kappa shape index (κ2) is 14.2. The number of nitriles is 1. The fourth-order valence-corrected chi connectivity index (χ4v) is 8.88. The highest BCUT2D eigenvalue weighted by atomic mass is 35.5. The van der Waals surface area contributed by atoms with Crippen molar-refractivity contribution >= 4 is 55.8 Å². The van der Waals surface area contributed by atoms with E-state index < -0.39 is 17.7 Å². The summed E-state index contributed by atoms with van der Waals surface area (Å²) in [5.41, 5.74) is 2.58. The van der Waals surface area contributed by atoms with E-state index in [1.54, 1.807) is 42.8 Å². The third-order valence-electron chi connectivity index (χ3n) is 10.4. The number of halogens is 4. The molecule has 0 spiro atoms. The Balaban J connectivity index is 1.14. The van der Waals surface area contributed by atoms with Crippen LogP contribution in [0.5, 0.6) is 0 Å². The highest BCUT2D eigenvalue weighted by molar-refractivity contribution is 7.18. The maximum atomic E-state index is 14.1. The number of benzene rings is 1. The Hall–Kier alpha value is -5.28. The zero-order valence-corrected chi connectivity index (χ0v) is 31.0. The van der Waals surface area contributed by atoms with Gasteiger partial charge in [-0.3, -0.25) is 19.2 Å². The molecule has 0 atom stereocenters. The average Bonchev–Trinajstić information content (AvgIpc) is 3.56. The van der Waals surface area contributed by atoms with Gasteiger partial charge in [0.25, 0.3) is 5.56 Å². The van der Waals surface area contributed by atoms with E-state index in [9.17, 15) is 33.1 Å². The van der Waals surface area contributed by atoms with Crippen molar-refractivity contribution in [2.24, 2.45) is 0 Å². The Bertz CT molecular complexity index is 2530. The van der Waals surface area contributed by atoms with E-state index in [-0.39, 0.29) is 34.6 Å². The van der Waals surface area contributed by atoms with Crippen LogP contribution in [-0.2, 0) is 6.54 Å². The number of likely N-dealkylation sites (tertiary alicyclic amines) is 1. The summed E-state index contributed by atoms with van der Waals surface area (Å²) in [5, 5.41) is 22.1. The largest absolute Gasteiger partial charge is 0.478 e. The Morgan fingerprint density at radius 1 is 1.20 bits per heavy atom. The molecule has 0 bridgehead atoms. The number of rotatable bonds is 6. The third-order valence-corrected chi connectivity index (χ3v) is 11.6. The number of pyridine rings is 2. The molecule has 15 heteroatoms. The number of aromatic nitrogens is 4. The first kappa shape index (κ1) is 37.1. The van der Waals surface area contributed by atoms with Crippen LogP contribution >= 0.6 is 22.9 Å². The van der Waals surface area contributed by atoms with Gasteiger partial charge < -0.3 is 10.0 Å². The van der Waals surface area contributed by atoms with Gasteiger partial charge in [-0.25, -0.2) is 14.8 Å². The molecule has 5 aromatic rings. The lowest BCUT2D eigenvalue weighted by Gasteiger charge is -2.52. The summed E-state index contributed by atoms with van der Waals surface area (Å²) < 4.78 is 40.6. The molecule has 1 aliphatic carbocycles. The van der Waals surface area contributed by atoms with Gasteiger partial charge in [-0.05, 0) is 63.8 Å². The van der Waals surface area contributed by atoms with Gasteiger partial charge in [-0.1, -0.05) is 29.0 Å². The number of anilines is 1. The van der Waals surface area contributed by atoms with Crippen molar-refractivity contribution in [2.45, 2.75) is 63.8 Å². The number of aryl methyl sites for hydroxylation is 1. The lowest BCUT2D eigenvalue weighted by molar-refractivity contribution is -0.0825. The quantitative estimate of drug-likeness (QED) is 0.137. The Labute approximate surface area is 317 Å². The maximum absolute atomic E-state index is 14.1. The standard InChI is InChI=1S/C39H33ClF3N7O3S/c1-22-47-31-20-46-35(48(3)26-9-13-49(14-10-26)38(2)16-23(17-38)18-39(41,42)43)29(19-44)32(31)36(51)50(22)12-4-5-24-6-7-25(40)15-28(24)27-8-11-45-33-30(37(52)53)21-54-34(27)33/h6-8,11,15,18,20-21,26H,9-10,12-14,16-17H2,1-3H3,(H,52,53). The van der Waals surface area contributed by atoms with Gasteiger partial charge in [0.05, 0.1) is 39.4 Å². The Morgan fingerprint density at radius 3 is 2.63 bits per heavy atom. The van der Waals surface area contributed by atoms with Crippen molar-refractivity contribution in [3.63, 3.8) is 0 Å². The molecule has 0 amide bonds. The molecule has 4 aromatic heterocycles. The number of fused-ring (bicyclic) bond motifs is 2. The molecule has 1 saturated carbocycles. The van der Waals surface area contributed by atoms with Gasteiger partial charge in [0.2, 0.25) is 0 Å². The van der Waals surface area contributed by atoms with Gasteiger partial charge in [-0.15, -0.1) is 11.3 Å². The van der Waals surface area contributed by atoms with Gasteiger partial charge in [0.1, 0.15) is 23.3 Å². The van der Waals surface area contributed by atoms with Crippen molar-refractivity contribution in [2.75, 3.05) is 25.0 Å². The van der Waals surface area contributed by atoms with E-state index in [0.717, 1.165) is 5.56 Å². The van der Waals surface area contributed by atoms with Crippen LogP contribution in [0.4, 0.5) is 19.0 Å². The van der Waals surface area contributed by atoms with Crippen LogP contribution < -0.4 is 10.5 Å². The molecule has 1 N–H and O–H groups in total. The lowest BCUT2D eigenvalue weighted by atomic mass is 9.71. The minimum atomic E-state index is -4.30. The van der Waals surface area contributed by atoms with Crippen molar-refractivity contribution in [1.29, 1.82) is 5.26 Å². The van der Waals surface area contributed by atoms with E-state index in [0.29, 0.717) is 93.9 Å². The molecular weight excluding hydrogens is 739 g/mol. The van der Waals surface area contributed by atoms with Crippen molar-refractivity contribution in [3.05, 3.63) is 91.6 Å². The second-order valence-electron chi connectivity index (χ2n) is 13.9. The topological polar surface area (TPSA) is 128 Å². The van der Waals surface area contributed by atoms with Crippen LogP contribution in [0.2, 0.25) is 5.02 Å². The molecule has 5 heterocycles. The summed E-state index contributed by atoms with van der Waals surface area (Å²) in [6, 6.07) is 9.20. The van der Waals surface area contributed by atoms with Crippen molar-refractivity contribution < 1.29 is 23.1 Å². The Morgan fingerprint density at radius 2 is 1.94 bits per heavy atom. The van der Waals surface area contributed by atoms with Crippen LogP contribution in [0.15, 0.2) is 58.5 Å². The first-order valence-electron chi connectivity index (χ1n) is 17.1. The number of thiophene rings is 1. The number of nitrogens with zero attached hydrogens (tertiary/aromatic N) is 7. The van der Waals surface area contributed by atoms with Gasteiger partial charge in [0, 0.05) is 71.1 Å². The predicted molar refractivity (Wildman–Crippen MR) is 202 cm³/mol. The summed E-state index contributed by atoms with van der Waals surface area (Å²) in [6.45, 7) is 5.03. The van der Waals surface area contributed by atoms with Crippen molar-refractivity contribution in [1.82, 2.24) is 24.4 Å². The van der Waals surface area contributed by atoms with Crippen molar-refractivity contribution in [3.8, 4) is 29.0 Å². The number of carboxylic acid groups (broad SMARTS) is 1. The average molecular weight is 772 g/mol. The first-order valence-corrected chi connectivity index (χ1v) is 18.4. The van der Waals surface area contributed by atoms with Gasteiger partial charge in [-0.2, -0.15) is 18.4 Å². The van der Waals surface area contributed by atoms with E-state index in [1.807, 2.05) is 18.9 Å². The van der Waals surface area contributed by atoms with Gasteiger partial charge >= 0.3 is 12.1 Å². The maximum Gasteiger partial charge on any atom is 0.409 e. The molecule has 54 heavy (non-hydrogen) atoms. The van der Waals surface area contributed by atoms with Crippen LogP contribution in [0.1, 0.15) is 59.9 Å². The van der Waals surface area contributed by atoms with Crippen LogP contribution in [-0.4, -0.2) is 73.4 Å². The summed E-state index contributed by atoms with van der Waals surface area (Å²) in [4.78, 5) is 43.5. The molecule has 0 unspecified atom stereocenters. The molecular formula is C39H33ClF3N7O3S. The highest BCUT2D eigenvalue weighted by Crippen LogP contribution is 2.45. The highest BCUT2D eigenvalue weighted by Gasteiger charge is 2.44. The fraction of sp³-hybridized carbons (Fsp3) is 0.333. The molecule has 10 nitrogen and oxygen atoms in total. The number of aromatic carboxylic acids is 1. The number of alkyl halides is 3. The summed E-state index contributed by atoms with van der Waals surface area (Å²) in [6.07, 6.45) is 1.37. The monoisotopic (exact) mass is 771 g/mol. The number of carboxylic acids is 1. The minimum absolute atomic E-state index is 0.00115. The minimum Gasteiger partial charge on any atom is -0.478 e. The zero-order valence-electron chi connectivity index (χ0n) is 29.5. The van der Waals surface area contributed by atoms with E-state index in [1.165, 1.54) is 22.1 Å². The lowest BCUT2D eigenvalue weighted by Crippen LogP contribution is -2.57. The molecule has 1 aliphatic heterocycles. The van der Waals surface area contributed by atoms with Crippen LogP contribution in [0.3, 0.4) is 0 Å². The number of piperidine rings is 1. The molecule has 276 valence electrons. The summed E-state index contributed by atoms with van der Waals surface area (Å²) in [7, 11) is 1.84. The van der Waals surface area contributed by atoms with E-state index in [4.69, 9.17) is 11.6 Å².